The van der Waals surface area contributed by atoms with Crippen molar-refractivity contribution in [1.82, 2.24) is 0 Å². The van der Waals surface area contributed by atoms with Gasteiger partial charge in [-0.2, -0.15) is 0 Å². The van der Waals surface area contributed by atoms with Crippen LogP contribution in [0.4, 0.5) is 0 Å². The van der Waals surface area contributed by atoms with Crippen molar-refractivity contribution in [3.05, 3.63) is 65.7 Å². The fourth-order valence-electron chi connectivity index (χ4n) is 2.00. The summed E-state index contributed by atoms with van der Waals surface area (Å²) >= 11 is 0. The van der Waals surface area contributed by atoms with E-state index in [1.54, 1.807) is 54.6 Å². The van der Waals surface area contributed by atoms with Crippen LogP contribution in [0.3, 0.4) is 0 Å². The zero-order chi connectivity index (χ0) is 16.0. The van der Waals surface area contributed by atoms with Gasteiger partial charge >= 0.3 is 5.97 Å². The summed E-state index contributed by atoms with van der Waals surface area (Å²) < 4.78 is 29.7. The third kappa shape index (κ3) is 4.18. The zero-order valence-corrected chi connectivity index (χ0v) is 13.2. The van der Waals surface area contributed by atoms with E-state index in [1.807, 2.05) is 6.92 Å². The molecule has 2 rings (SSSR count). The lowest BCUT2D eigenvalue weighted by atomic mass is 10.1. The molecule has 0 fully saturated rings. The number of carbonyl (C=O) groups is 1. The average Bonchev–Trinajstić information content (AvgIpc) is 2.53. The molecule has 0 bridgehead atoms. The van der Waals surface area contributed by atoms with Crippen molar-refractivity contribution in [3.63, 3.8) is 0 Å². The maximum Gasteiger partial charge on any atom is 0.338 e. The molecule has 0 radical (unpaired) electrons. The highest BCUT2D eigenvalue weighted by Gasteiger charge is 2.16. The normalized spacial score (nSPS) is 11.1. The maximum atomic E-state index is 12.3. The van der Waals surface area contributed by atoms with Crippen LogP contribution in [-0.4, -0.2) is 21.0 Å². The summed E-state index contributed by atoms with van der Waals surface area (Å²) in [6, 6.07) is 14.8. The van der Waals surface area contributed by atoms with Crippen LogP contribution in [0.1, 0.15) is 29.3 Å². The lowest BCUT2D eigenvalue weighted by Crippen LogP contribution is -2.08. The predicted molar refractivity (Wildman–Crippen MR) is 84.3 cm³/mol. The largest absolute Gasteiger partial charge is 0.462 e. The van der Waals surface area contributed by atoms with E-state index in [-0.39, 0.29) is 10.6 Å². The van der Waals surface area contributed by atoms with Crippen LogP contribution >= 0.6 is 0 Å². The Labute approximate surface area is 130 Å². The Morgan fingerprint density at radius 2 is 1.77 bits per heavy atom. The number of sulfone groups is 1. The lowest BCUT2D eigenvalue weighted by molar-refractivity contribution is 0.0505. The second-order valence-electron chi connectivity index (χ2n) is 4.91. The molecule has 0 heterocycles. The van der Waals surface area contributed by atoms with E-state index in [2.05, 4.69) is 0 Å². The van der Waals surface area contributed by atoms with Gasteiger partial charge in [-0.25, -0.2) is 13.2 Å². The fraction of sp³-hybridized carbons (Fsp3) is 0.235. The number of benzene rings is 2. The molecule has 22 heavy (non-hydrogen) atoms. The van der Waals surface area contributed by atoms with E-state index in [9.17, 15) is 13.2 Å². The molecule has 0 amide bonds. The molecular weight excluding hydrogens is 300 g/mol. The van der Waals surface area contributed by atoms with Gasteiger partial charge in [0.1, 0.15) is 0 Å². The van der Waals surface area contributed by atoms with Crippen LogP contribution in [-0.2, 0) is 20.3 Å². The van der Waals surface area contributed by atoms with Gasteiger partial charge in [-0.05, 0) is 36.2 Å². The first-order valence-electron chi connectivity index (χ1n) is 7.07. The molecule has 0 aliphatic heterocycles. The Morgan fingerprint density at radius 3 is 2.45 bits per heavy atom. The third-order valence-electron chi connectivity index (χ3n) is 3.06. The van der Waals surface area contributed by atoms with Crippen molar-refractivity contribution < 1.29 is 17.9 Å². The highest BCUT2D eigenvalue weighted by Crippen LogP contribution is 2.17. The van der Waals surface area contributed by atoms with Crippen LogP contribution in [0.2, 0.25) is 0 Å². The van der Waals surface area contributed by atoms with Gasteiger partial charge in [0.05, 0.1) is 22.8 Å². The Morgan fingerprint density at radius 1 is 1.05 bits per heavy atom. The van der Waals surface area contributed by atoms with Crippen LogP contribution < -0.4 is 0 Å². The number of hydrogen-bond donors (Lipinski definition) is 0. The first kappa shape index (κ1) is 16.2. The number of carbonyl (C=O) groups excluding carboxylic acids is 1. The van der Waals surface area contributed by atoms with Crippen molar-refractivity contribution in [3.8, 4) is 0 Å². The Kier molecular flexibility index (Phi) is 5.33. The van der Waals surface area contributed by atoms with Gasteiger partial charge in [-0.1, -0.05) is 37.3 Å². The lowest BCUT2D eigenvalue weighted by Gasteiger charge is -2.07. The minimum Gasteiger partial charge on any atom is -0.462 e. The smallest absolute Gasteiger partial charge is 0.338 e. The second kappa shape index (κ2) is 7.22. The summed E-state index contributed by atoms with van der Waals surface area (Å²) in [6.07, 6.45) is 0.744. The van der Waals surface area contributed by atoms with E-state index in [1.165, 1.54) is 0 Å². The van der Waals surface area contributed by atoms with Gasteiger partial charge in [0.2, 0.25) is 0 Å². The fourth-order valence-corrected chi connectivity index (χ4v) is 3.35. The molecule has 2 aromatic rings. The molecule has 0 saturated carbocycles. The van der Waals surface area contributed by atoms with Gasteiger partial charge in [0.25, 0.3) is 0 Å². The maximum absolute atomic E-state index is 12.3. The molecule has 0 unspecified atom stereocenters. The monoisotopic (exact) mass is 318 g/mol. The summed E-state index contributed by atoms with van der Waals surface area (Å²) in [5.41, 5.74) is 0.934. The molecule has 0 N–H and O–H groups in total. The SMILES string of the molecule is CCCOC(=O)c1cccc(CS(=O)(=O)c2ccccc2)c1. The van der Waals surface area contributed by atoms with Crippen LogP contribution in [0.25, 0.3) is 0 Å². The molecule has 0 aliphatic carbocycles. The molecule has 116 valence electrons. The Hall–Kier alpha value is -2.14. The molecule has 4 nitrogen and oxygen atoms in total. The Balaban J connectivity index is 2.19. The molecule has 0 atom stereocenters. The summed E-state index contributed by atoms with van der Waals surface area (Å²) in [6.45, 7) is 2.27. The highest BCUT2D eigenvalue weighted by molar-refractivity contribution is 7.90. The summed E-state index contributed by atoms with van der Waals surface area (Å²) in [7, 11) is -3.42. The van der Waals surface area contributed by atoms with Gasteiger partial charge in [-0.3, -0.25) is 0 Å². The van der Waals surface area contributed by atoms with Gasteiger partial charge in [0.15, 0.2) is 9.84 Å². The average molecular weight is 318 g/mol. The van der Waals surface area contributed by atoms with Crippen molar-refractivity contribution >= 4 is 15.8 Å². The van der Waals surface area contributed by atoms with E-state index < -0.39 is 15.8 Å². The van der Waals surface area contributed by atoms with Gasteiger partial charge in [0, 0.05) is 0 Å². The van der Waals surface area contributed by atoms with E-state index in [4.69, 9.17) is 4.74 Å². The van der Waals surface area contributed by atoms with Crippen LogP contribution in [0.15, 0.2) is 59.5 Å². The number of hydrogen-bond acceptors (Lipinski definition) is 4. The number of esters is 1. The standard InChI is InChI=1S/C17H18O4S/c1-2-11-21-17(18)15-8-6-7-14(12-15)13-22(19,20)16-9-4-3-5-10-16/h3-10,12H,2,11,13H2,1H3. The minimum absolute atomic E-state index is 0.147. The molecule has 2 aromatic carbocycles. The quantitative estimate of drug-likeness (QED) is 0.767. The molecule has 0 saturated heterocycles. The zero-order valence-electron chi connectivity index (χ0n) is 12.4. The first-order chi connectivity index (χ1) is 10.5. The van der Waals surface area contributed by atoms with Crippen LogP contribution in [0, 0.1) is 0 Å². The highest BCUT2D eigenvalue weighted by atomic mass is 32.2. The second-order valence-corrected chi connectivity index (χ2v) is 6.90. The topological polar surface area (TPSA) is 60.4 Å². The van der Waals surface area contributed by atoms with Crippen molar-refractivity contribution in [2.75, 3.05) is 6.61 Å². The van der Waals surface area contributed by atoms with Crippen molar-refractivity contribution in [2.24, 2.45) is 0 Å². The van der Waals surface area contributed by atoms with Crippen molar-refractivity contribution in [1.29, 1.82) is 0 Å². The van der Waals surface area contributed by atoms with E-state index in [0.29, 0.717) is 17.7 Å². The van der Waals surface area contributed by atoms with Crippen molar-refractivity contribution in [2.45, 2.75) is 24.0 Å². The van der Waals surface area contributed by atoms with Gasteiger partial charge < -0.3 is 4.74 Å². The van der Waals surface area contributed by atoms with E-state index in [0.717, 1.165) is 6.42 Å². The van der Waals surface area contributed by atoms with E-state index >= 15 is 0 Å². The molecular formula is C17H18O4S. The number of ether oxygens (including phenoxy) is 1. The minimum atomic E-state index is -3.42. The summed E-state index contributed by atoms with van der Waals surface area (Å²) in [5, 5.41) is 0. The predicted octanol–water partition coefficient (Wildman–Crippen LogP) is 3.23. The van der Waals surface area contributed by atoms with Gasteiger partial charge in [-0.15, -0.1) is 0 Å². The first-order valence-corrected chi connectivity index (χ1v) is 8.72. The summed E-state index contributed by atoms with van der Waals surface area (Å²) in [5.74, 6) is -0.577. The number of rotatable bonds is 6. The molecule has 0 aliphatic rings. The molecule has 0 aromatic heterocycles. The molecule has 0 spiro atoms. The third-order valence-corrected chi connectivity index (χ3v) is 4.76. The van der Waals surface area contributed by atoms with Crippen LogP contribution in [0.5, 0.6) is 0 Å². The molecule has 5 heteroatoms. The Bertz CT molecular complexity index is 736. The summed E-state index contributed by atoms with van der Waals surface area (Å²) in [4.78, 5) is 12.1.